The van der Waals surface area contributed by atoms with Gasteiger partial charge in [0.05, 0.1) is 9.99 Å². The fourth-order valence-electron chi connectivity index (χ4n) is 3.00. The number of rotatable bonds is 4. The fourth-order valence-corrected chi connectivity index (χ4v) is 5.12. The van der Waals surface area contributed by atoms with E-state index >= 15 is 0 Å². The summed E-state index contributed by atoms with van der Waals surface area (Å²) in [7, 11) is 1.72. The van der Waals surface area contributed by atoms with Crippen molar-refractivity contribution in [2.24, 2.45) is 0 Å². The van der Waals surface area contributed by atoms with Crippen molar-refractivity contribution in [1.82, 2.24) is 5.32 Å². The van der Waals surface area contributed by atoms with Gasteiger partial charge in [0.1, 0.15) is 5.75 Å². The summed E-state index contributed by atoms with van der Waals surface area (Å²) in [5.41, 5.74) is 2.80. The molecule has 0 aliphatic heterocycles. The van der Waals surface area contributed by atoms with Crippen LogP contribution in [0, 0.1) is 2.88 Å². The summed E-state index contributed by atoms with van der Waals surface area (Å²) in [6.07, 6.45) is 3.76. The summed E-state index contributed by atoms with van der Waals surface area (Å²) < 4.78 is 6.73. The maximum absolute atomic E-state index is 5.33. The summed E-state index contributed by atoms with van der Waals surface area (Å²) in [5.74, 6) is 0.926. The summed E-state index contributed by atoms with van der Waals surface area (Å²) in [6, 6.07) is 11.5. The molecule has 0 amide bonds. The molecule has 1 aliphatic carbocycles. The summed E-state index contributed by atoms with van der Waals surface area (Å²) in [6.45, 7) is 2.24. The van der Waals surface area contributed by atoms with Crippen molar-refractivity contribution in [1.29, 1.82) is 0 Å². The molecule has 0 saturated heterocycles. The average molecular weight is 413 g/mol. The number of hydrogen-bond acceptors (Lipinski definition) is 3. The SMILES string of the molecule is COc1cccc([C@@H](C)NC2CCCc3sc(I)cc32)c1. The number of methoxy groups -OCH3 is 1. The number of fused-ring (bicyclic) bond motifs is 1. The summed E-state index contributed by atoms with van der Waals surface area (Å²) in [4.78, 5) is 1.57. The molecule has 3 rings (SSSR count). The molecule has 1 aromatic carbocycles. The third-order valence-electron chi connectivity index (χ3n) is 4.13. The molecule has 21 heavy (non-hydrogen) atoms. The number of benzene rings is 1. The zero-order valence-electron chi connectivity index (χ0n) is 12.4. The van der Waals surface area contributed by atoms with Crippen molar-refractivity contribution >= 4 is 33.9 Å². The molecule has 0 spiro atoms. The quantitative estimate of drug-likeness (QED) is 0.706. The van der Waals surface area contributed by atoms with Gasteiger partial charge in [-0.1, -0.05) is 12.1 Å². The van der Waals surface area contributed by atoms with E-state index in [1.807, 2.05) is 17.4 Å². The van der Waals surface area contributed by atoms with E-state index in [0.717, 1.165) is 5.75 Å². The second kappa shape index (κ2) is 6.67. The van der Waals surface area contributed by atoms with E-state index in [2.05, 4.69) is 59.1 Å². The van der Waals surface area contributed by atoms with E-state index in [0.29, 0.717) is 12.1 Å². The van der Waals surface area contributed by atoms with E-state index in [9.17, 15) is 0 Å². The second-order valence-electron chi connectivity index (χ2n) is 5.54. The molecule has 0 radical (unpaired) electrons. The summed E-state index contributed by atoms with van der Waals surface area (Å²) in [5, 5.41) is 3.80. The molecule has 0 saturated carbocycles. The van der Waals surface area contributed by atoms with Gasteiger partial charge < -0.3 is 10.1 Å². The molecule has 1 aromatic heterocycles. The Balaban J connectivity index is 1.77. The lowest BCUT2D eigenvalue weighted by Gasteiger charge is -2.27. The van der Waals surface area contributed by atoms with Gasteiger partial charge in [-0.3, -0.25) is 0 Å². The molecule has 1 heterocycles. The Labute approximate surface area is 144 Å². The van der Waals surface area contributed by atoms with Crippen LogP contribution in [0.4, 0.5) is 0 Å². The van der Waals surface area contributed by atoms with Crippen molar-refractivity contribution in [3.05, 3.63) is 49.2 Å². The summed E-state index contributed by atoms with van der Waals surface area (Å²) >= 11 is 4.39. The average Bonchev–Trinajstić information content (AvgIpc) is 2.88. The van der Waals surface area contributed by atoms with Crippen LogP contribution in [0.2, 0.25) is 0 Å². The minimum atomic E-state index is 0.327. The van der Waals surface area contributed by atoms with Crippen LogP contribution in [0.25, 0.3) is 0 Å². The topological polar surface area (TPSA) is 21.3 Å². The van der Waals surface area contributed by atoms with Gasteiger partial charge in [0.15, 0.2) is 0 Å². The van der Waals surface area contributed by atoms with Gasteiger partial charge in [-0.2, -0.15) is 0 Å². The van der Waals surface area contributed by atoms with Crippen molar-refractivity contribution in [3.8, 4) is 5.75 Å². The molecule has 1 aliphatic rings. The Morgan fingerprint density at radius 3 is 3.05 bits per heavy atom. The molecule has 1 N–H and O–H groups in total. The van der Waals surface area contributed by atoms with Crippen LogP contribution >= 0.6 is 33.9 Å². The van der Waals surface area contributed by atoms with E-state index in [-0.39, 0.29) is 0 Å². The minimum absolute atomic E-state index is 0.327. The van der Waals surface area contributed by atoms with Crippen LogP contribution in [0.5, 0.6) is 5.75 Å². The molecule has 2 atom stereocenters. The fraction of sp³-hybridized carbons (Fsp3) is 0.412. The molecule has 112 valence electrons. The molecule has 2 nitrogen and oxygen atoms in total. The normalized spacial score (nSPS) is 19.1. The maximum atomic E-state index is 5.33. The lowest BCUT2D eigenvalue weighted by atomic mass is 9.93. The molecular formula is C17H20INOS. The largest absolute Gasteiger partial charge is 0.497 e. The van der Waals surface area contributed by atoms with Gasteiger partial charge in [0.25, 0.3) is 0 Å². The Bertz CT molecular complexity index is 625. The first kappa shape index (κ1) is 15.3. The predicted molar refractivity (Wildman–Crippen MR) is 97.3 cm³/mol. The maximum Gasteiger partial charge on any atom is 0.119 e. The van der Waals surface area contributed by atoms with Crippen molar-refractivity contribution in [3.63, 3.8) is 0 Å². The highest BCUT2D eigenvalue weighted by Crippen LogP contribution is 2.37. The molecule has 2 aromatic rings. The van der Waals surface area contributed by atoms with Crippen molar-refractivity contribution in [2.75, 3.05) is 7.11 Å². The Morgan fingerprint density at radius 2 is 2.24 bits per heavy atom. The predicted octanol–water partition coefficient (Wildman–Crippen LogP) is 5.09. The monoisotopic (exact) mass is 413 g/mol. The Morgan fingerprint density at radius 1 is 1.38 bits per heavy atom. The van der Waals surface area contributed by atoms with Crippen molar-refractivity contribution < 1.29 is 4.74 Å². The van der Waals surface area contributed by atoms with E-state index in [1.54, 1.807) is 12.0 Å². The van der Waals surface area contributed by atoms with Crippen LogP contribution < -0.4 is 10.1 Å². The highest BCUT2D eigenvalue weighted by molar-refractivity contribution is 14.1. The number of aryl methyl sites for hydroxylation is 1. The van der Waals surface area contributed by atoms with Gasteiger partial charge in [0.2, 0.25) is 0 Å². The van der Waals surface area contributed by atoms with Crippen LogP contribution in [0.3, 0.4) is 0 Å². The van der Waals surface area contributed by atoms with Crippen molar-refractivity contribution in [2.45, 2.75) is 38.3 Å². The first-order chi connectivity index (χ1) is 10.2. The molecule has 4 heteroatoms. The Hall–Kier alpha value is -0.590. The van der Waals surface area contributed by atoms with Gasteiger partial charge >= 0.3 is 0 Å². The Kier molecular flexibility index (Phi) is 4.86. The zero-order chi connectivity index (χ0) is 14.8. The highest BCUT2D eigenvalue weighted by Gasteiger charge is 2.24. The second-order valence-corrected chi connectivity index (χ2v) is 8.57. The minimum Gasteiger partial charge on any atom is -0.497 e. The van der Waals surface area contributed by atoms with Gasteiger partial charge in [0, 0.05) is 17.0 Å². The van der Waals surface area contributed by atoms with Gasteiger partial charge in [-0.15, -0.1) is 11.3 Å². The number of ether oxygens (including phenoxy) is 1. The zero-order valence-corrected chi connectivity index (χ0v) is 15.3. The number of nitrogens with one attached hydrogen (secondary N) is 1. The smallest absolute Gasteiger partial charge is 0.119 e. The van der Waals surface area contributed by atoms with E-state index in [1.165, 1.54) is 33.3 Å². The standard InChI is InChI=1S/C17H20INOS/c1-11(12-5-3-6-13(9-12)20-2)19-15-7-4-8-16-14(15)10-17(18)21-16/h3,5-6,9-11,15,19H,4,7-8H2,1-2H3/t11-,15?/m1/s1. The first-order valence-electron chi connectivity index (χ1n) is 7.35. The lowest BCUT2D eigenvalue weighted by Crippen LogP contribution is -2.27. The first-order valence-corrected chi connectivity index (χ1v) is 9.25. The number of thiophene rings is 1. The number of halogens is 1. The van der Waals surface area contributed by atoms with E-state index in [4.69, 9.17) is 4.74 Å². The van der Waals surface area contributed by atoms with Gasteiger partial charge in [-0.05, 0) is 78.1 Å². The molecule has 0 fully saturated rings. The van der Waals surface area contributed by atoms with E-state index < -0.39 is 0 Å². The molecule has 0 bridgehead atoms. The highest BCUT2D eigenvalue weighted by atomic mass is 127. The molecular weight excluding hydrogens is 393 g/mol. The third-order valence-corrected chi connectivity index (χ3v) is 6.10. The van der Waals surface area contributed by atoms with Crippen LogP contribution in [0.15, 0.2) is 30.3 Å². The lowest BCUT2D eigenvalue weighted by molar-refractivity contribution is 0.405. The van der Waals surface area contributed by atoms with Crippen LogP contribution in [-0.4, -0.2) is 7.11 Å². The molecule has 1 unspecified atom stereocenters. The third kappa shape index (κ3) is 3.43. The van der Waals surface area contributed by atoms with Crippen LogP contribution in [0.1, 0.15) is 47.9 Å². The number of hydrogen-bond donors (Lipinski definition) is 1. The van der Waals surface area contributed by atoms with Crippen LogP contribution in [-0.2, 0) is 6.42 Å². The van der Waals surface area contributed by atoms with Gasteiger partial charge in [-0.25, -0.2) is 0 Å².